The Bertz CT molecular complexity index is 2350. The molecule has 0 aliphatic rings. The highest BCUT2D eigenvalue weighted by molar-refractivity contribution is 6.22. The van der Waals surface area contributed by atoms with Crippen LogP contribution >= 0.6 is 0 Å². The quantitative estimate of drug-likeness (QED) is 0.160. The van der Waals surface area contributed by atoms with Crippen molar-refractivity contribution in [1.82, 2.24) is 4.57 Å². The largest absolute Gasteiger partial charge is 0.309 e. The smallest absolute Gasteiger partial charge is 0.0553 e. The minimum atomic E-state index is 0.921. The number of fused-ring (bicyclic) bond motifs is 4. The minimum Gasteiger partial charge on any atom is -0.309 e. The monoisotopic (exact) mass is 562 g/mol. The van der Waals surface area contributed by atoms with Gasteiger partial charge in [-0.2, -0.15) is 0 Å². The number of aromatic nitrogens is 1. The van der Waals surface area contributed by atoms with Gasteiger partial charge < -0.3 is 9.98 Å². The molecule has 0 radical (unpaired) electrons. The predicted molar refractivity (Wildman–Crippen MR) is 189 cm³/mol. The Morgan fingerprint density at radius 3 is 1.68 bits per heavy atom. The molecule has 0 atom stereocenters. The lowest BCUT2D eigenvalue weighted by Crippen LogP contribution is -1.97. The molecule has 1 aromatic heterocycles. The van der Waals surface area contributed by atoms with Gasteiger partial charge in [0.15, 0.2) is 0 Å². The zero-order valence-electron chi connectivity index (χ0n) is 24.5. The Morgan fingerprint density at radius 2 is 1.07 bits per heavy atom. The van der Waals surface area contributed by atoms with Crippen molar-refractivity contribution in [2.75, 3.05) is 0 Å². The van der Waals surface area contributed by atoms with Crippen molar-refractivity contribution < 1.29 is 0 Å². The van der Waals surface area contributed by atoms with Crippen molar-refractivity contribution in [3.05, 3.63) is 157 Å². The molecule has 2 nitrogen and oxygen atoms in total. The van der Waals surface area contributed by atoms with E-state index in [2.05, 4.69) is 144 Å². The summed E-state index contributed by atoms with van der Waals surface area (Å²) >= 11 is 0. The van der Waals surface area contributed by atoms with Crippen LogP contribution in [0.1, 0.15) is 18.2 Å². The molecule has 7 aromatic carbocycles. The van der Waals surface area contributed by atoms with Crippen molar-refractivity contribution in [3.8, 4) is 27.9 Å². The van der Waals surface area contributed by atoms with Crippen molar-refractivity contribution in [1.29, 1.82) is 5.41 Å². The second-order valence-corrected chi connectivity index (χ2v) is 11.2. The minimum absolute atomic E-state index is 0.921. The van der Waals surface area contributed by atoms with Crippen molar-refractivity contribution in [3.63, 3.8) is 0 Å². The van der Waals surface area contributed by atoms with E-state index in [0.717, 1.165) is 33.4 Å². The van der Waals surface area contributed by atoms with Crippen LogP contribution in [0, 0.1) is 5.41 Å². The summed E-state index contributed by atoms with van der Waals surface area (Å²) in [7, 11) is 0. The van der Waals surface area contributed by atoms with E-state index in [1.165, 1.54) is 55.2 Å². The Kier molecular flexibility index (Phi) is 6.20. The summed E-state index contributed by atoms with van der Waals surface area (Å²) in [5, 5.41) is 16.9. The molecule has 2 heteroatoms. The fourth-order valence-corrected chi connectivity index (χ4v) is 6.91. The van der Waals surface area contributed by atoms with Gasteiger partial charge >= 0.3 is 0 Å². The maximum absolute atomic E-state index is 8.47. The number of hydrogen-bond acceptors (Lipinski definition) is 1. The molecule has 1 N–H and O–H groups in total. The van der Waals surface area contributed by atoms with E-state index in [-0.39, 0.29) is 0 Å². The molecule has 0 amide bonds. The second-order valence-electron chi connectivity index (χ2n) is 11.2. The standard InChI is InChI=1S/C42H30N2/c1-2-12-39-38(27-43)37-26-31(23-24-40(37)44(39)32-15-4-3-5-16-32)42-35-19-10-8-17-33(35)41(34-18-9-11-20-36(34)42)30-22-21-28-13-6-7-14-29(28)25-30/h2-27,43H,1H3/b12-2-,43-27?. The maximum atomic E-state index is 8.47. The van der Waals surface area contributed by atoms with Gasteiger partial charge in [-0.25, -0.2) is 0 Å². The van der Waals surface area contributed by atoms with Gasteiger partial charge in [-0.05, 0) is 97.9 Å². The summed E-state index contributed by atoms with van der Waals surface area (Å²) in [5.74, 6) is 0. The third-order valence-electron chi connectivity index (χ3n) is 8.79. The molecule has 44 heavy (non-hydrogen) atoms. The van der Waals surface area contributed by atoms with E-state index >= 15 is 0 Å². The molecule has 8 rings (SSSR count). The van der Waals surface area contributed by atoms with Gasteiger partial charge in [-0.3, -0.25) is 0 Å². The molecule has 0 bridgehead atoms. The first-order valence-corrected chi connectivity index (χ1v) is 15.1. The van der Waals surface area contributed by atoms with Crippen LogP contribution in [-0.2, 0) is 0 Å². The van der Waals surface area contributed by atoms with E-state index < -0.39 is 0 Å². The van der Waals surface area contributed by atoms with Crippen LogP contribution in [0.4, 0.5) is 0 Å². The van der Waals surface area contributed by atoms with E-state index in [1.807, 2.05) is 19.1 Å². The first-order chi connectivity index (χ1) is 21.8. The Balaban J connectivity index is 1.45. The summed E-state index contributed by atoms with van der Waals surface area (Å²) < 4.78 is 2.26. The van der Waals surface area contributed by atoms with Gasteiger partial charge in [0.25, 0.3) is 0 Å². The SMILES string of the molecule is C/C=C\c1c(C=N)c2cc(-c3c4ccccc4c(-c4ccc5ccccc5c4)c4ccccc34)ccc2n1-c1ccccc1. The van der Waals surface area contributed by atoms with Crippen molar-refractivity contribution in [2.45, 2.75) is 6.92 Å². The summed E-state index contributed by atoms with van der Waals surface area (Å²) in [6.07, 6.45) is 5.66. The molecule has 0 fully saturated rings. The third-order valence-corrected chi connectivity index (χ3v) is 8.79. The third kappa shape index (κ3) is 4.00. The summed E-state index contributed by atoms with van der Waals surface area (Å²) in [5.41, 5.74) is 8.97. The summed E-state index contributed by atoms with van der Waals surface area (Å²) in [6.45, 7) is 2.03. The predicted octanol–water partition coefficient (Wildman–Crippen LogP) is 11.5. The molecule has 0 unspecified atom stereocenters. The number of allylic oxidation sites excluding steroid dienone is 1. The Hall–Kier alpha value is -5.73. The van der Waals surface area contributed by atoms with Crippen LogP contribution < -0.4 is 0 Å². The molecular formula is C42H30N2. The first kappa shape index (κ1) is 25.9. The highest BCUT2D eigenvalue weighted by atomic mass is 15.0. The van der Waals surface area contributed by atoms with E-state index in [9.17, 15) is 0 Å². The van der Waals surface area contributed by atoms with Gasteiger partial charge in [0.1, 0.15) is 0 Å². The number of rotatable bonds is 5. The van der Waals surface area contributed by atoms with Crippen molar-refractivity contribution in [2.24, 2.45) is 0 Å². The molecule has 0 aliphatic heterocycles. The summed E-state index contributed by atoms with van der Waals surface area (Å²) in [4.78, 5) is 0. The van der Waals surface area contributed by atoms with Crippen LogP contribution in [0.3, 0.4) is 0 Å². The molecule has 0 saturated carbocycles. The topological polar surface area (TPSA) is 28.8 Å². The van der Waals surface area contributed by atoms with E-state index in [1.54, 1.807) is 0 Å². The molecule has 0 spiro atoms. The average Bonchev–Trinajstić information content (AvgIpc) is 3.39. The number of hydrogen-bond donors (Lipinski definition) is 1. The highest BCUT2D eigenvalue weighted by Gasteiger charge is 2.20. The number of nitrogens with one attached hydrogen (secondary N) is 1. The number of benzene rings is 7. The molecule has 208 valence electrons. The molecule has 8 aromatic rings. The maximum Gasteiger partial charge on any atom is 0.0553 e. The number of nitrogens with zero attached hydrogens (tertiary/aromatic N) is 1. The Labute approximate surface area is 256 Å². The second kappa shape index (κ2) is 10.5. The van der Waals surface area contributed by atoms with Crippen LogP contribution in [0.15, 0.2) is 146 Å². The van der Waals surface area contributed by atoms with E-state index in [4.69, 9.17) is 5.41 Å². The lowest BCUT2D eigenvalue weighted by molar-refractivity contribution is 1.10. The van der Waals surface area contributed by atoms with Gasteiger partial charge in [-0.1, -0.05) is 115 Å². The zero-order valence-corrected chi connectivity index (χ0v) is 24.5. The fourth-order valence-electron chi connectivity index (χ4n) is 6.91. The van der Waals surface area contributed by atoms with Crippen LogP contribution in [0.25, 0.3) is 77.2 Å². The summed E-state index contributed by atoms with van der Waals surface area (Å²) in [6, 6.07) is 50.1. The first-order valence-electron chi connectivity index (χ1n) is 15.1. The average molecular weight is 563 g/mol. The Morgan fingerprint density at radius 1 is 0.523 bits per heavy atom. The van der Waals surface area contributed by atoms with Gasteiger partial charge in [0.2, 0.25) is 0 Å². The van der Waals surface area contributed by atoms with Crippen LogP contribution in [-0.4, -0.2) is 10.8 Å². The van der Waals surface area contributed by atoms with Crippen LogP contribution in [0.5, 0.6) is 0 Å². The molecule has 0 aliphatic carbocycles. The van der Waals surface area contributed by atoms with E-state index in [0.29, 0.717) is 0 Å². The zero-order chi connectivity index (χ0) is 29.6. The normalized spacial score (nSPS) is 11.8. The van der Waals surface area contributed by atoms with Gasteiger partial charge in [0.05, 0.1) is 11.2 Å². The lowest BCUT2D eigenvalue weighted by Gasteiger charge is -2.18. The number of para-hydroxylation sites is 1. The lowest BCUT2D eigenvalue weighted by atomic mass is 9.85. The van der Waals surface area contributed by atoms with Gasteiger partial charge in [-0.15, -0.1) is 0 Å². The van der Waals surface area contributed by atoms with Crippen molar-refractivity contribution >= 4 is 55.5 Å². The van der Waals surface area contributed by atoms with Crippen LogP contribution in [0.2, 0.25) is 0 Å². The highest BCUT2D eigenvalue weighted by Crippen LogP contribution is 2.45. The molecule has 1 heterocycles. The molecular weight excluding hydrogens is 532 g/mol. The van der Waals surface area contributed by atoms with Gasteiger partial charge in [0, 0.05) is 22.9 Å². The molecule has 0 saturated heterocycles. The fraction of sp³-hybridized carbons (Fsp3) is 0.0238.